The van der Waals surface area contributed by atoms with Crippen molar-refractivity contribution in [3.05, 3.63) is 46.3 Å². The molecule has 1 saturated heterocycles. The number of hydrogen-bond donors (Lipinski definition) is 2. The minimum atomic E-state index is -0.384. The molecule has 0 spiro atoms. The summed E-state index contributed by atoms with van der Waals surface area (Å²) in [6.07, 6.45) is 2.81. The third kappa shape index (κ3) is 6.02. The van der Waals surface area contributed by atoms with Crippen LogP contribution in [0.25, 0.3) is 0 Å². The standard InChI is InChI=1S/C25H32N4O4S/c1-17-8-9-19-20(14-17)34-24(23(19)25(32)33-2)27-22(31)16-29-12-10-28(11-13-29)15-21(30)26-18-6-4-3-5-7-18/h3-7,17H,8-16H2,1-2H3,(H,26,30)(H,27,31). The van der Waals surface area contributed by atoms with Crippen LogP contribution in [0.5, 0.6) is 0 Å². The molecule has 1 fully saturated rings. The van der Waals surface area contributed by atoms with E-state index in [0.717, 1.165) is 30.5 Å². The zero-order valence-corrected chi connectivity index (χ0v) is 20.6. The number of benzene rings is 1. The van der Waals surface area contributed by atoms with Crippen LogP contribution in [0.4, 0.5) is 10.7 Å². The number of ether oxygens (including phenoxy) is 1. The van der Waals surface area contributed by atoms with Crippen LogP contribution in [0.2, 0.25) is 0 Å². The van der Waals surface area contributed by atoms with Crippen molar-refractivity contribution in [3.63, 3.8) is 0 Å². The Labute approximate surface area is 204 Å². The monoisotopic (exact) mass is 484 g/mol. The number of amides is 2. The highest BCUT2D eigenvalue weighted by molar-refractivity contribution is 7.17. The Morgan fingerprint density at radius 1 is 1.00 bits per heavy atom. The van der Waals surface area contributed by atoms with Crippen LogP contribution in [-0.4, -0.2) is 74.0 Å². The van der Waals surface area contributed by atoms with Gasteiger partial charge in [-0.05, 0) is 42.9 Å². The first-order valence-electron chi connectivity index (χ1n) is 11.7. The van der Waals surface area contributed by atoms with E-state index < -0.39 is 0 Å². The molecule has 2 amide bonds. The molecule has 0 saturated carbocycles. The zero-order valence-electron chi connectivity index (χ0n) is 19.8. The van der Waals surface area contributed by atoms with Crippen molar-refractivity contribution in [1.82, 2.24) is 9.80 Å². The molecule has 1 aromatic carbocycles. The Kier molecular flexibility index (Phi) is 7.97. The maximum Gasteiger partial charge on any atom is 0.341 e. The zero-order chi connectivity index (χ0) is 24.1. The predicted molar refractivity (Wildman–Crippen MR) is 133 cm³/mol. The second-order valence-electron chi connectivity index (χ2n) is 9.06. The van der Waals surface area contributed by atoms with Crippen molar-refractivity contribution in [2.75, 3.05) is 57.0 Å². The lowest BCUT2D eigenvalue weighted by Gasteiger charge is -2.33. The van der Waals surface area contributed by atoms with E-state index in [9.17, 15) is 14.4 Å². The first kappa shape index (κ1) is 24.4. The number of nitrogens with one attached hydrogen (secondary N) is 2. The molecule has 1 aromatic heterocycles. The van der Waals surface area contributed by atoms with Crippen LogP contribution in [0.3, 0.4) is 0 Å². The van der Waals surface area contributed by atoms with Crippen LogP contribution in [0.15, 0.2) is 30.3 Å². The first-order valence-corrected chi connectivity index (χ1v) is 12.6. The van der Waals surface area contributed by atoms with Crippen LogP contribution < -0.4 is 10.6 Å². The molecule has 4 rings (SSSR count). The van der Waals surface area contributed by atoms with E-state index in [1.54, 1.807) is 0 Å². The summed E-state index contributed by atoms with van der Waals surface area (Å²) >= 11 is 1.50. The van der Waals surface area contributed by atoms with Crippen molar-refractivity contribution in [3.8, 4) is 0 Å². The van der Waals surface area contributed by atoms with Gasteiger partial charge in [0.25, 0.3) is 0 Å². The number of rotatable bonds is 7. The largest absolute Gasteiger partial charge is 0.465 e. The van der Waals surface area contributed by atoms with Crippen molar-refractivity contribution < 1.29 is 19.1 Å². The maximum atomic E-state index is 12.8. The number of carbonyl (C=O) groups is 3. The summed E-state index contributed by atoms with van der Waals surface area (Å²) in [5, 5.41) is 6.49. The molecular weight excluding hydrogens is 452 g/mol. The third-order valence-electron chi connectivity index (χ3n) is 6.41. The number of fused-ring (bicyclic) bond motifs is 1. The highest BCUT2D eigenvalue weighted by Crippen LogP contribution is 2.40. The van der Waals surface area contributed by atoms with Gasteiger partial charge in [0.15, 0.2) is 0 Å². The molecule has 182 valence electrons. The summed E-state index contributed by atoms with van der Waals surface area (Å²) in [6.45, 7) is 5.63. The quantitative estimate of drug-likeness (QED) is 0.588. The highest BCUT2D eigenvalue weighted by Gasteiger charge is 2.29. The van der Waals surface area contributed by atoms with Gasteiger partial charge in [0.2, 0.25) is 11.8 Å². The lowest BCUT2D eigenvalue weighted by molar-refractivity contribution is -0.120. The fraction of sp³-hybridized carbons (Fsp3) is 0.480. The molecule has 1 unspecified atom stereocenters. The van der Waals surface area contributed by atoms with Gasteiger partial charge in [-0.15, -0.1) is 11.3 Å². The van der Waals surface area contributed by atoms with E-state index in [4.69, 9.17) is 4.74 Å². The number of nitrogens with zero attached hydrogens (tertiary/aromatic N) is 2. The van der Waals surface area contributed by atoms with Gasteiger partial charge >= 0.3 is 5.97 Å². The highest BCUT2D eigenvalue weighted by atomic mass is 32.1. The van der Waals surface area contributed by atoms with Gasteiger partial charge in [-0.3, -0.25) is 19.4 Å². The van der Waals surface area contributed by atoms with Gasteiger partial charge in [0.05, 0.1) is 25.8 Å². The normalized spacial score (nSPS) is 18.7. The fourth-order valence-electron chi connectivity index (χ4n) is 4.56. The van der Waals surface area contributed by atoms with Crippen LogP contribution in [0.1, 0.15) is 34.1 Å². The summed E-state index contributed by atoms with van der Waals surface area (Å²) in [5.41, 5.74) is 2.35. The molecule has 1 aliphatic carbocycles. The fourth-order valence-corrected chi connectivity index (χ4v) is 5.97. The van der Waals surface area contributed by atoms with Gasteiger partial charge in [-0.1, -0.05) is 25.1 Å². The van der Waals surface area contributed by atoms with Crippen molar-refractivity contribution in [2.24, 2.45) is 5.92 Å². The molecule has 34 heavy (non-hydrogen) atoms. The summed E-state index contributed by atoms with van der Waals surface area (Å²) in [4.78, 5) is 42.9. The lowest BCUT2D eigenvalue weighted by atomic mass is 9.88. The lowest BCUT2D eigenvalue weighted by Crippen LogP contribution is -2.50. The van der Waals surface area contributed by atoms with Crippen LogP contribution >= 0.6 is 11.3 Å². The molecule has 1 atom stereocenters. The van der Waals surface area contributed by atoms with Crippen molar-refractivity contribution in [1.29, 1.82) is 0 Å². The SMILES string of the molecule is COC(=O)c1c(NC(=O)CN2CCN(CC(=O)Nc3ccccc3)CC2)sc2c1CCC(C)C2. The average Bonchev–Trinajstić information content (AvgIpc) is 3.17. The number of para-hydroxylation sites is 1. The third-order valence-corrected chi connectivity index (χ3v) is 7.58. The minimum absolute atomic E-state index is 0.0382. The smallest absolute Gasteiger partial charge is 0.341 e. The Balaban J connectivity index is 1.28. The van der Waals surface area contributed by atoms with E-state index in [-0.39, 0.29) is 24.3 Å². The molecule has 1 aliphatic heterocycles. The minimum Gasteiger partial charge on any atom is -0.465 e. The molecule has 2 heterocycles. The van der Waals surface area contributed by atoms with Gasteiger partial charge in [-0.2, -0.15) is 0 Å². The summed E-state index contributed by atoms with van der Waals surface area (Å²) in [6, 6.07) is 9.42. The Morgan fingerprint density at radius 3 is 2.24 bits per heavy atom. The number of piperazine rings is 1. The van der Waals surface area contributed by atoms with Gasteiger partial charge < -0.3 is 15.4 Å². The number of carbonyl (C=O) groups excluding carboxylic acids is 3. The number of hydrogen-bond acceptors (Lipinski definition) is 7. The van der Waals surface area contributed by atoms with E-state index in [2.05, 4.69) is 27.4 Å². The first-order chi connectivity index (χ1) is 16.4. The molecule has 2 N–H and O–H groups in total. The predicted octanol–water partition coefficient (Wildman–Crippen LogP) is 2.85. The Bertz CT molecular complexity index is 1030. The molecule has 9 heteroatoms. The van der Waals surface area contributed by atoms with E-state index in [0.29, 0.717) is 49.2 Å². The van der Waals surface area contributed by atoms with Gasteiger partial charge in [0, 0.05) is 36.7 Å². The molecule has 2 aliphatic rings. The summed E-state index contributed by atoms with van der Waals surface area (Å²) in [7, 11) is 1.38. The Hall–Kier alpha value is -2.75. The van der Waals surface area contributed by atoms with Crippen molar-refractivity contribution in [2.45, 2.75) is 26.2 Å². The number of methoxy groups -OCH3 is 1. The molecular formula is C25H32N4O4S. The van der Waals surface area contributed by atoms with E-state index in [1.165, 1.54) is 23.3 Å². The molecule has 2 aromatic rings. The van der Waals surface area contributed by atoms with Crippen LogP contribution in [0, 0.1) is 5.92 Å². The number of esters is 1. The number of thiophene rings is 1. The van der Waals surface area contributed by atoms with E-state index in [1.807, 2.05) is 30.3 Å². The van der Waals surface area contributed by atoms with Gasteiger partial charge in [-0.25, -0.2) is 4.79 Å². The second kappa shape index (κ2) is 11.1. The average molecular weight is 485 g/mol. The number of anilines is 2. The summed E-state index contributed by atoms with van der Waals surface area (Å²) in [5.74, 6) is 0.0202. The molecule has 0 radical (unpaired) electrons. The second-order valence-corrected chi connectivity index (χ2v) is 10.2. The topological polar surface area (TPSA) is 91.0 Å². The van der Waals surface area contributed by atoms with Crippen molar-refractivity contribution >= 4 is 39.8 Å². The summed E-state index contributed by atoms with van der Waals surface area (Å²) < 4.78 is 5.01. The Morgan fingerprint density at radius 2 is 1.62 bits per heavy atom. The molecule has 8 nitrogen and oxygen atoms in total. The maximum absolute atomic E-state index is 12.8. The van der Waals surface area contributed by atoms with E-state index >= 15 is 0 Å². The van der Waals surface area contributed by atoms with Crippen LogP contribution in [-0.2, 0) is 27.2 Å². The molecule has 0 bridgehead atoms. The van der Waals surface area contributed by atoms with Gasteiger partial charge in [0.1, 0.15) is 5.00 Å².